The number of ether oxygens (including phenoxy) is 2. The van der Waals surface area contributed by atoms with Crippen LogP contribution in [0.5, 0.6) is 11.5 Å². The Labute approximate surface area is 128 Å². The van der Waals surface area contributed by atoms with E-state index < -0.39 is 24.7 Å². The van der Waals surface area contributed by atoms with Gasteiger partial charge in [-0.2, -0.15) is 0 Å². The SMILES string of the molecule is COc1cc(F)c([C@H](CC(F)F)N2CCNCC2)cc1OC. The molecule has 1 fully saturated rings. The molecule has 22 heavy (non-hydrogen) atoms. The number of rotatable bonds is 6. The number of piperazine rings is 1. The Kier molecular flexibility index (Phi) is 5.90. The third-order valence-electron chi connectivity index (χ3n) is 3.86. The smallest absolute Gasteiger partial charge is 0.240 e. The normalized spacial score (nSPS) is 17.5. The van der Waals surface area contributed by atoms with E-state index >= 15 is 0 Å². The van der Waals surface area contributed by atoms with Crippen molar-refractivity contribution in [2.45, 2.75) is 18.9 Å². The van der Waals surface area contributed by atoms with Crippen molar-refractivity contribution in [3.63, 3.8) is 0 Å². The highest BCUT2D eigenvalue weighted by Gasteiger charge is 2.28. The van der Waals surface area contributed by atoms with E-state index in [1.807, 2.05) is 4.90 Å². The molecule has 0 radical (unpaired) electrons. The Hall–Kier alpha value is -1.47. The number of hydrogen-bond acceptors (Lipinski definition) is 4. The largest absolute Gasteiger partial charge is 0.493 e. The van der Waals surface area contributed by atoms with Crippen molar-refractivity contribution >= 4 is 0 Å². The Balaban J connectivity index is 2.37. The van der Waals surface area contributed by atoms with Crippen LogP contribution in [0.15, 0.2) is 12.1 Å². The lowest BCUT2D eigenvalue weighted by Gasteiger charge is -2.35. The molecular weight excluding hydrogens is 297 g/mol. The summed E-state index contributed by atoms with van der Waals surface area (Å²) in [5, 5.41) is 3.16. The van der Waals surface area contributed by atoms with Gasteiger partial charge in [-0.15, -0.1) is 0 Å². The van der Waals surface area contributed by atoms with Crippen LogP contribution in [0.4, 0.5) is 13.2 Å². The minimum absolute atomic E-state index is 0.222. The van der Waals surface area contributed by atoms with Gasteiger partial charge in [0.2, 0.25) is 6.43 Å². The lowest BCUT2D eigenvalue weighted by molar-refractivity contribution is 0.0724. The summed E-state index contributed by atoms with van der Waals surface area (Å²) in [6, 6.07) is 1.97. The summed E-state index contributed by atoms with van der Waals surface area (Å²) in [6.45, 7) is 2.61. The maximum absolute atomic E-state index is 14.4. The minimum atomic E-state index is -2.51. The zero-order chi connectivity index (χ0) is 16.1. The van der Waals surface area contributed by atoms with Gasteiger partial charge in [0.25, 0.3) is 0 Å². The average molecular weight is 318 g/mol. The van der Waals surface area contributed by atoms with Crippen molar-refractivity contribution in [1.82, 2.24) is 10.2 Å². The molecule has 124 valence electrons. The van der Waals surface area contributed by atoms with Crippen LogP contribution in [-0.2, 0) is 0 Å². The van der Waals surface area contributed by atoms with Gasteiger partial charge in [-0.1, -0.05) is 0 Å². The fraction of sp³-hybridized carbons (Fsp3) is 0.600. The minimum Gasteiger partial charge on any atom is -0.493 e. The Bertz CT molecular complexity index is 494. The van der Waals surface area contributed by atoms with Gasteiger partial charge in [-0.3, -0.25) is 4.90 Å². The maximum Gasteiger partial charge on any atom is 0.240 e. The predicted octanol–water partition coefficient (Wildman–Crippen LogP) is 2.44. The van der Waals surface area contributed by atoms with E-state index in [2.05, 4.69) is 5.32 Å². The molecule has 2 rings (SSSR count). The summed E-state index contributed by atoms with van der Waals surface area (Å²) in [5.41, 5.74) is 0.222. The summed E-state index contributed by atoms with van der Waals surface area (Å²) >= 11 is 0. The quantitative estimate of drug-likeness (QED) is 0.873. The molecule has 7 heteroatoms. The van der Waals surface area contributed by atoms with Crippen molar-refractivity contribution in [3.8, 4) is 11.5 Å². The van der Waals surface area contributed by atoms with Crippen LogP contribution in [0.1, 0.15) is 18.0 Å². The molecule has 4 nitrogen and oxygen atoms in total. The number of alkyl halides is 2. The van der Waals surface area contributed by atoms with Gasteiger partial charge >= 0.3 is 0 Å². The molecule has 1 N–H and O–H groups in total. The predicted molar refractivity (Wildman–Crippen MR) is 77.3 cm³/mol. The van der Waals surface area contributed by atoms with Crippen LogP contribution >= 0.6 is 0 Å². The molecule has 0 saturated carbocycles. The van der Waals surface area contributed by atoms with Gasteiger partial charge in [0.15, 0.2) is 11.5 Å². The molecular formula is C15H21F3N2O2. The molecule has 1 saturated heterocycles. The van der Waals surface area contributed by atoms with E-state index in [0.29, 0.717) is 31.9 Å². The fourth-order valence-corrected chi connectivity index (χ4v) is 2.76. The third kappa shape index (κ3) is 3.84. The lowest BCUT2D eigenvalue weighted by Crippen LogP contribution is -2.45. The van der Waals surface area contributed by atoms with E-state index in [4.69, 9.17) is 9.47 Å². The van der Waals surface area contributed by atoms with Crippen LogP contribution in [-0.4, -0.2) is 51.7 Å². The molecule has 0 bridgehead atoms. The van der Waals surface area contributed by atoms with Crippen molar-refractivity contribution in [2.24, 2.45) is 0 Å². The third-order valence-corrected chi connectivity index (χ3v) is 3.86. The van der Waals surface area contributed by atoms with Crippen LogP contribution in [0.2, 0.25) is 0 Å². The zero-order valence-corrected chi connectivity index (χ0v) is 12.7. The fourth-order valence-electron chi connectivity index (χ4n) is 2.76. The number of methoxy groups -OCH3 is 2. The Morgan fingerprint density at radius 2 is 1.73 bits per heavy atom. The first kappa shape index (κ1) is 16.9. The van der Waals surface area contributed by atoms with Crippen molar-refractivity contribution < 1.29 is 22.6 Å². The van der Waals surface area contributed by atoms with Crippen molar-refractivity contribution in [1.29, 1.82) is 0 Å². The van der Waals surface area contributed by atoms with Gasteiger partial charge in [-0.05, 0) is 6.07 Å². The average Bonchev–Trinajstić information content (AvgIpc) is 2.53. The monoisotopic (exact) mass is 318 g/mol. The maximum atomic E-state index is 14.4. The number of nitrogens with zero attached hydrogens (tertiary/aromatic N) is 1. The number of hydrogen-bond donors (Lipinski definition) is 1. The number of benzene rings is 1. The standard InChI is InChI=1S/C15H21F3N2O2/c1-21-13-7-10(11(16)8-14(13)22-2)12(9-15(17)18)20-5-3-19-4-6-20/h7-8,12,15,19H,3-6,9H2,1-2H3/t12-/m0/s1. The highest BCUT2D eigenvalue weighted by molar-refractivity contribution is 5.44. The van der Waals surface area contributed by atoms with Crippen LogP contribution in [0.3, 0.4) is 0 Å². The van der Waals surface area contributed by atoms with Crippen molar-refractivity contribution in [2.75, 3.05) is 40.4 Å². The topological polar surface area (TPSA) is 33.7 Å². The van der Waals surface area contributed by atoms with Crippen molar-refractivity contribution in [3.05, 3.63) is 23.5 Å². The summed E-state index contributed by atoms with van der Waals surface area (Å²) in [6.07, 6.45) is -2.92. The first-order chi connectivity index (χ1) is 10.6. The van der Waals surface area contributed by atoms with Gasteiger partial charge in [0.05, 0.1) is 14.2 Å². The van der Waals surface area contributed by atoms with Gasteiger partial charge in [-0.25, -0.2) is 13.2 Å². The summed E-state index contributed by atoms with van der Waals surface area (Å²) in [7, 11) is 2.84. The summed E-state index contributed by atoms with van der Waals surface area (Å²) in [5.74, 6) is 0.0370. The molecule has 1 aromatic rings. The lowest BCUT2D eigenvalue weighted by atomic mass is 10.00. The van der Waals surface area contributed by atoms with Crippen LogP contribution in [0.25, 0.3) is 0 Å². The highest BCUT2D eigenvalue weighted by Crippen LogP contribution is 2.36. The second kappa shape index (κ2) is 7.69. The van der Waals surface area contributed by atoms with Crippen LogP contribution in [0, 0.1) is 5.82 Å². The second-order valence-electron chi connectivity index (χ2n) is 5.16. The van der Waals surface area contributed by atoms with Gasteiger partial charge in [0, 0.05) is 50.3 Å². The van der Waals surface area contributed by atoms with E-state index in [-0.39, 0.29) is 11.3 Å². The van der Waals surface area contributed by atoms with E-state index in [1.54, 1.807) is 0 Å². The molecule has 0 amide bonds. The number of nitrogens with one attached hydrogen (secondary N) is 1. The van der Waals surface area contributed by atoms with E-state index in [9.17, 15) is 13.2 Å². The van der Waals surface area contributed by atoms with Crippen LogP contribution < -0.4 is 14.8 Å². The van der Waals surface area contributed by atoms with Gasteiger partial charge in [0.1, 0.15) is 5.82 Å². The second-order valence-corrected chi connectivity index (χ2v) is 5.16. The van der Waals surface area contributed by atoms with E-state index in [0.717, 1.165) is 0 Å². The first-order valence-corrected chi connectivity index (χ1v) is 7.21. The molecule has 1 atom stereocenters. The number of halogens is 3. The van der Waals surface area contributed by atoms with Gasteiger partial charge < -0.3 is 14.8 Å². The first-order valence-electron chi connectivity index (χ1n) is 7.21. The van der Waals surface area contributed by atoms with E-state index in [1.165, 1.54) is 26.4 Å². The molecule has 0 spiro atoms. The Morgan fingerprint density at radius 1 is 1.14 bits per heavy atom. The summed E-state index contributed by atoms with van der Waals surface area (Å²) in [4.78, 5) is 1.88. The molecule has 1 heterocycles. The summed E-state index contributed by atoms with van der Waals surface area (Å²) < 4.78 is 50.5. The zero-order valence-electron chi connectivity index (χ0n) is 12.7. The Morgan fingerprint density at radius 3 is 2.27 bits per heavy atom. The molecule has 0 unspecified atom stereocenters. The molecule has 1 aliphatic heterocycles. The highest BCUT2D eigenvalue weighted by atomic mass is 19.3. The molecule has 0 aromatic heterocycles. The molecule has 0 aliphatic carbocycles. The molecule has 1 aliphatic rings. The molecule has 1 aromatic carbocycles.